The van der Waals surface area contributed by atoms with Crippen LogP contribution in [0.1, 0.15) is 37.5 Å². The SMILES string of the molecule is COc1c(C=C(C#N)c2ccc(NS(C)(=O)=O)cc2)cc(-c2ccc[nH]c2=O)cc1C(C)(C)C. The van der Waals surface area contributed by atoms with E-state index in [1.807, 2.05) is 12.1 Å². The number of nitrogens with one attached hydrogen (secondary N) is 2. The number of anilines is 1. The Hall–Kier alpha value is -3.83. The van der Waals surface area contributed by atoms with Gasteiger partial charge in [0.2, 0.25) is 10.0 Å². The normalized spacial score (nSPS) is 12.2. The highest BCUT2D eigenvalue weighted by atomic mass is 32.2. The van der Waals surface area contributed by atoms with Gasteiger partial charge in [-0.05, 0) is 59.0 Å². The van der Waals surface area contributed by atoms with Crippen LogP contribution < -0.4 is 15.0 Å². The first-order chi connectivity index (χ1) is 15.9. The largest absolute Gasteiger partial charge is 0.496 e. The molecular formula is C26H27N3O4S. The number of methoxy groups -OCH3 is 1. The number of nitriles is 1. The molecule has 3 rings (SSSR count). The molecule has 0 unspecified atom stereocenters. The predicted molar refractivity (Wildman–Crippen MR) is 136 cm³/mol. The molecule has 3 aromatic rings. The summed E-state index contributed by atoms with van der Waals surface area (Å²) in [5.74, 6) is 0.617. The van der Waals surface area contributed by atoms with Crippen molar-refractivity contribution in [1.29, 1.82) is 5.26 Å². The summed E-state index contributed by atoms with van der Waals surface area (Å²) in [6.07, 6.45) is 4.37. The van der Waals surface area contributed by atoms with E-state index < -0.39 is 10.0 Å². The number of nitrogens with zero attached hydrogens (tertiary/aromatic N) is 1. The number of benzene rings is 2. The van der Waals surface area contributed by atoms with Crippen molar-refractivity contribution in [2.45, 2.75) is 26.2 Å². The van der Waals surface area contributed by atoms with E-state index in [2.05, 4.69) is 36.5 Å². The van der Waals surface area contributed by atoms with Crippen molar-refractivity contribution in [3.63, 3.8) is 0 Å². The van der Waals surface area contributed by atoms with Crippen LogP contribution in [-0.2, 0) is 15.4 Å². The van der Waals surface area contributed by atoms with Gasteiger partial charge < -0.3 is 9.72 Å². The minimum Gasteiger partial charge on any atom is -0.496 e. The van der Waals surface area contributed by atoms with E-state index in [9.17, 15) is 18.5 Å². The van der Waals surface area contributed by atoms with Gasteiger partial charge in [0.25, 0.3) is 5.56 Å². The Morgan fingerprint density at radius 2 is 1.82 bits per heavy atom. The third-order valence-corrected chi connectivity index (χ3v) is 5.78. The molecular weight excluding hydrogens is 450 g/mol. The zero-order valence-electron chi connectivity index (χ0n) is 19.8. The summed E-state index contributed by atoms with van der Waals surface area (Å²) in [5, 5.41) is 9.89. The third-order valence-electron chi connectivity index (χ3n) is 5.18. The Morgan fingerprint density at radius 3 is 2.35 bits per heavy atom. The van der Waals surface area contributed by atoms with Crippen molar-refractivity contribution in [2.75, 3.05) is 18.1 Å². The average Bonchev–Trinajstić information content (AvgIpc) is 2.76. The van der Waals surface area contributed by atoms with Gasteiger partial charge in [0.1, 0.15) is 5.75 Å². The average molecular weight is 478 g/mol. The van der Waals surface area contributed by atoms with Crippen LogP contribution in [0.4, 0.5) is 5.69 Å². The van der Waals surface area contributed by atoms with Gasteiger partial charge in [0.15, 0.2) is 0 Å². The van der Waals surface area contributed by atoms with Crippen molar-refractivity contribution < 1.29 is 13.2 Å². The van der Waals surface area contributed by atoms with Gasteiger partial charge in [0, 0.05) is 28.6 Å². The molecule has 7 nitrogen and oxygen atoms in total. The van der Waals surface area contributed by atoms with Crippen molar-refractivity contribution in [3.8, 4) is 22.9 Å². The van der Waals surface area contributed by atoms with Crippen LogP contribution in [0.5, 0.6) is 5.75 Å². The molecule has 0 aliphatic carbocycles. The molecule has 0 saturated carbocycles. The molecule has 0 aliphatic heterocycles. The Morgan fingerprint density at radius 1 is 1.15 bits per heavy atom. The number of H-pyrrole nitrogens is 1. The van der Waals surface area contributed by atoms with E-state index in [0.717, 1.165) is 11.8 Å². The summed E-state index contributed by atoms with van der Waals surface area (Å²) in [7, 11) is -1.82. The summed E-state index contributed by atoms with van der Waals surface area (Å²) >= 11 is 0. The van der Waals surface area contributed by atoms with Gasteiger partial charge in [-0.2, -0.15) is 5.26 Å². The first-order valence-electron chi connectivity index (χ1n) is 10.5. The van der Waals surface area contributed by atoms with E-state index in [1.54, 1.807) is 55.8 Å². The van der Waals surface area contributed by atoms with Crippen LogP contribution in [0.2, 0.25) is 0 Å². The van der Waals surface area contributed by atoms with Gasteiger partial charge in [-0.25, -0.2) is 8.42 Å². The second kappa shape index (κ2) is 9.57. The quantitative estimate of drug-likeness (QED) is 0.392. The van der Waals surface area contributed by atoms with Crippen LogP contribution in [0.25, 0.3) is 22.8 Å². The Kier molecular flexibility index (Phi) is 6.99. The lowest BCUT2D eigenvalue weighted by molar-refractivity contribution is 0.397. The number of sulfonamides is 1. The molecule has 0 radical (unpaired) electrons. The number of pyridine rings is 1. The molecule has 0 atom stereocenters. The summed E-state index contributed by atoms with van der Waals surface area (Å²) in [6, 6.07) is 16.0. The fourth-order valence-electron chi connectivity index (χ4n) is 3.62. The molecule has 2 N–H and O–H groups in total. The number of hydrogen-bond acceptors (Lipinski definition) is 5. The minimum atomic E-state index is -3.40. The Labute approximate surface area is 199 Å². The lowest BCUT2D eigenvalue weighted by atomic mass is 9.83. The van der Waals surface area contributed by atoms with Gasteiger partial charge in [0.05, 0.1) is 25.0 Å². The highest BCUT2D eigenvalue weighted by molar-refractivity contribution is 7.92. The number of rotatable bonds is 6. The summed E-state index contributed by atoms with van der Waals surface area (Å²) in [5.41, 5.74) is 3.65. The molecule has 0 saturated heterocycles. The molecule has 0 amide bonds. The Bertz CT molecular complexity index is 1440. The molecule has 1 aromatic heterocycles. The van der Waals surface area contributed by atoms with E-state index in [-0.39, 0.29) is 11.0 Å². The van der Waals surface area contributed by atoms with E-state index in [4.69, 9.17) is 4.74 Å². The fraction of sp³-hybridized carbons (Fsp3) is 0.231. The Balaban J connectivity index is 2.20. The number of aromatic amines is 1. The van der Waals surface area contributed by atoms with Gasteiger partial charge in [-0.1, -0.05) is 32.9 Å². The summed E-state index contributed by atoms with van der Waals surface area (Å²) in [6.45, 7) is 6.15. The summed E-state index contributed by atoms with van der Waals surface area (Å²) < 4.78 is 31.1. The van der Waals surface area contributed by atoms with Crippen LogP contribution in [0.15, 0.2) is 59.5 Å². The number of allylic oxidation sites excluding steroid dienone is 1. The van der Waals surface area contributed by atoms with Gasteiger partial charge in [-0.3, -0.25) is 9.52 Å². The second-order valence-corrected chi connectivity index (χ2v) is 10.7. The fourth-order valence-corrected chi connectivity index (χ4v) is 4.18. The van der Waals surface area contributed by atoms with Crippen molar-refractivity contribution in [3.05, 3.63) is 81.8 Å². The molecule has 0 aliphatic rings. The zero-order chi connectivity index (χ0) is 25.1. The zero-order valence-corrected chi connectivity index (χ0v) is 20.6. The first-order valence-corrected chi connectivity index (χ1v) is 12.4. The molecule has 0 fully saturated rings. The van der Waals surface area contributed by atoms with Crippen molar-refractivity contribution >= 4 is 27.4 Å². The maximum absolute atomic E-state index is 12.5. The van der Waals surface area contributed by atoms with E-state index >= 15 is 0 Å². The number of aromatic nitrogens is 1. The topological polar surface area (TPSA) is 112 Å². The number of hydrogen-bond donors (Lipinski definition) is 2. The highest BCUT2D eigenvalue weighted by Gasteiger charge is 2.23. The van der Waals surface area contributed by atoms with Gasteiger partial charge >= 0.3 is 0 Å². The molecule has 0 spiro atoms. The van der Waals surface area contributed by atoms with E-state index in [1.165, 1.54) is 0 Å². The van der Waals surface area contributed by atoms with Crippen LogP contribution in [0, 0.1) is 11.3 Å². The van der Waals surface area contributed by atoms with Crippen molar-refractivity contribution in [2.24, 2.45) is 0 Å². The maximum Gasteiger partial charge on any atom is 0.255 e. The third kappa shape index (κ3) is 5.74. The van der Waals surface area contributed by atoms with E-state index in [0.29, 0.717) is 39.3 Å². The first kappa shape index (κ1) is 24.8. The molecule has 8 heteroatoms. The lowest BCUT2D eigenvalue weighted by Gasteiger charge is -2.24. The summed E-state index contributed by atoms with van der Waals surface area (Å²) in [4.78, 5) is 15.2. The van der Waals surface area contributed by atoms with Gasteiger partial charge in [-0.15, -0.1) is 0 Å². The van der Waals surface area contributed by atoms with Crippen LogP contribution in [0.3, 0.4) is 0 Å². The molecule has 34 heavy (non-hydrogen) atoms. The van der Waals surface area contributed by atoms with Crippen LogP contribution in [-0.4, -0.2) is 26.8 Å². The van der Waals surface area contributed by atoms with Crippen LogP contribution >= 0.6 is 0 Å². The monoisotopic (exact) mass is 477 g/mol. The standard InChI is InChI=1S/C26H27N3O4S/c1-26(2,3)23-15-18(22-7-6-12-28-25(22)30)13-19(24(23)33-4)14-20(16-27)17-8-10-21(11-9-17)29-34(5,31)32/h6-15,29H,1-5H3,(H,28,30). The molecule has 0 bridgehead atoms. The smallest absolute Gasteiger partial charge is 0.255 e. The highest BCUT2D eigenvalue weighted by Crippen LogP contribution is 2.39. The molecule has 2 aromatic carbocycles. The maximum atomic E-state index is 12.5. The molecule has 1 heterocycles. The van der Waals surface area contributed by atoms with Crippen molar-refractivity contribution in [1.82, 2.24) is 4.98 Å². The lowest BCUT2D eigenvalue weighted by Crippen LogP contribution is -2.15. The minimum absolute atomic E-state index is 0.211. The molecule has 176 valence electrons. The number of ether oxygens (including phenoxy) is 1. The predicted octanol–water partition coefficient (Wildman–Crippen LogP) is 4.78. The second-order valence-electron chi connectivity index (χ2n) is 8.93.